The summed E-state index contributed by atoms with van der Waals surface area (Å²) in [5.41, 5.74) is -0.242. The van der Waals surface area contributed by atoms with E-state index in [2.05, 4.69) is 20.9 Å². The fourth-order valence-corrected chi connectivity index (χ4v) is 3.05. The van der Waals surface area contributed by atoms with Gasteiger partial charge < -0.3 is 9.64 Å². The Labute approximate surface area is 122 Å². The van der Waals surface area contributed by atoms with Crippen molar-refractivity contribution in [1.82, 2.24) is 9.88 Å². The minimum Gasteiger partial charge on any atom is -0.366 e. The lowest BCUT2D eigenvalue weighted by Gasteiger charge is -2.47. The van der Waals surface area contributed by atoms with Gasteiger partial charge in [0.15, 0.2) is 0 Å². The van der Waals surface area contributed by atoms with Crippen molar-refractivity contribution < 1.29 is 9.53 Å². The zero-order valence-corrected chi connectivity index (χ0v) is 13.3. The summed E-state index contributed by atoms with van der Waals surface area (Å²) < 4.78 is 6.71. The molecule has 2 rings (SSSR count). The maximum Gasteiger partial charge on any atom is 0.273 e. The zero-order valence-electron chi connectivity index (χ0n) is 11.7. The maximum atomic E-state index is 12.6. The molecule has 1 amide bonds. The molecule has 2 heterocycles. The van der Waals surface area contributed by atoms with Gasteiger partial charge >= 0.3 is 0 Å². The molecule has 0 aliphatic carbocycles. The lowest BCUT2D eigenvalue weighted by atomic mass is 9.98. The molecule has 0 spiro atoms. The SMILES string of the molecule is CC1(C)CN(C(=O)c2ncccc2Br)CC(C)(C)O1. The van der Waals surface area contributed by atoms with E-state index in [-0.39, 0.29) is 17.1 Å². The van der Waals surface area contributed by atoms with Gasteiger partial charge in [-0.1, -0.05) is 0 Å². The van der Waals surface area contributed by atoms with Crippen LogP contribution in [0.1, 0.15) is 38.2 Å². The first-order chi connectivity index (χ1) is 8.70. The van der Waals surface area contributed by atoms with Crippen molar-refractivity contribution in [2.45, 2.75) is 38.9 Å². The van der Waals surface area contributed by atoms with Crippen LogP contribution in [0.3, 0.4) is 0 Å². The van der Waals surface area contributed by atoms with Crippen LogP contribution in [0.2, 0.25) is 0 Å². The van der Waals surface area contributed by atoms with E-state index in [9.17, 15) is 4.79 Å². The smallest absolute Gasteiger partial charge is 0.273 e. The van der Waals surface area contributed by atoms with Gasteiger partial charge in [-0.25, -0.2) is 4.98 Å². The summed E-state index contributed by atoms with van der Waals surface area (Å²) in [5, 5.41) is 0. The predicted molar refractivity (Wildman–Crippen MR) is 77.1 cm³/mol. The average Bonchev–Trinajstić information content (AvgIpc) is 2.24. The van der Waals surface area contributed by atoms with Gasteiger partial charge in [0.05, 0.1) is 11.2 Å². The normalized spacial score (nSPS) is 21.2. The third-order valence-corrected chi connectivity index (χ3v) is 3.58. The van der Waals surface area contributed by atoms with Crippen LogP contribution >= 0.6 is 15.9 Å². The van der Waals surface area contributed by atoms with Crippen LogP contribution in [0.5, 0.6) is 0 Å². The van der Waals surface area contributed by atoms with Crippen molar-refractivity contribution in [2.75, 3.05) is 13.1 Å². The summed E-state index contributed by atoms with van der Waals surface area (Å²) in [5.74, 6) is -0.0584. The van der Waals surface area contributed by atoms with E-state index in [1.54, 1.807) is 12.3 Å². The number of ether oxygens (including phenoxy) is 1. The molecular weight excluding hydrogens is 308 g/mol. The molecule has 4 nitrogen and oxygen atoms in total. The zero-order chi connectivity index (χ0) is 14.3. The highest BCUT2D eigenvalue weighted by Crippen LogP contribution is 2.29. The number of rotatable bonds is 1. The van der Waals surface area contributed by atoms with Gasteiger partial charge in [-0.3, -0.25) is 4.79 Å². The molecule has 0 bridgehead atoms. The van der Waals surface area contributed by atoms with Crippen molar-refractivity contribution in [3.8, 4) is 0 Å². The number of carbonyl (C=O) groups excluding carboxylic acids is 1. The Bertz CT molecular complexity index is 484. The van der Waals surface area contributed by atoms with Crippen LogP contribution < -0.4 is 0 Å². The standard InChI is InChI=1S/C14H19BrN2O2/c1-13(2)8-17(9-14(3,4)19-13)12(18)11-10(15)6-5-7-16-11/h5-7H,8-9H2,1-4H3. The second-order valence-electron chi connectivity index (χ2n) is 6.12. The Morgan fingerprint density at radius 3 is 2.42 bits per heavy atom. The summed E-state index contributed by atoms with van der Waals surface area (Å²) in [7, 11) is 0. The second-order valence-corrected chi connectivity index (χ2v) is 6.97. The van der Waals surface area contributed by atoms with E-state index in [1.807, 2.05) is 38.7 Å². The number of pyridine rings is 1. The first kappa shape index (κ1) is 14.5. The van der Waals surface area contributed by atoms with Crippen LogP contribution in [0, 0.1) is 0 Å². The Morgan fingerprint density at radius 2 is 1.89 bits per heavy atom. The minimum atomic E-state index is -0.349. The first-order valence-electron chi connectivity index (χ1n) is 6.30. The molecule has 1 saturated heterocycles. The Morgan fingerprint density at radius 1 is 1.32 bits per heavy atom. The molecule has 1 aliphatic heterocycles. The monoisotopic (exact) mass is 326 g/mol. The molecule has 1 aromatic heterocycles. The summed E-state index contributed by atoms with van der Waals surface area (Å²) in [6, 6.07) is 3.63. The van der Waals surface area contributed by atoms with E-state index >= 15 is 0 Å². The third-order valence-electron chi connectivity index (χ3n) is 2.94. The molecule has 104 valence electrons. The van der Waals surface area contributed by atoms with E-state index in [4.69, 9.17) is 4.74 Å². The number of morpholine rings is 1. The first-order valence-corrected chi connectivity index (χ1v) is 7.09. The second kappa shape index (κ2) is 4.87. The molecule has 0 aromatic carbocycles. The third kappa shape index (κ3) is 3.34. The number of halogens is 1. The Hall–Kier alpha value is -0.940. The number of aromatic nitrogens is 1. The van der Waals surface area contributed by atoms with Crippen molar-refractivity contribution in [2.24, 2.45) is 0 Å². The molecule has 1 fully saturated rings. The lowest BCUT2D eigenvalue weighted by molar-refractivity contribution is -0.171. The quantitative estimate of drug-likeness (QED) is 0.796. The van der Waals surface area contributed by atoms with Gasteiger partial charge in [0.2, 0.25) is 0 Å². The number of nitrogens with zero attached hydrogens (tertiary/aromatic N) is 2. The number of hydrogen-bond donors (Lipinski definition) is 0. The minimum absolute atomic E-state index is 0.0584. The highest BCUT2D eigenvalue weighted by atomic mass is 79.9. The van der Waals surface area contributed by atoms with E-state index in [0.717, 1.165) is 4.47 Å². The van der Waals surface area contributed by atoms with Crippen molar-refractivity contribution in [3.63, 3.8) is 0 Å². The van der Waals surface area contributed by atoms with Gasteiger partial charge in [-0.15, -0.1) is 0 Å². The van der Waals surface area contributed by atoms with Gasteiger partial charge in [0, 0.05) is 23.8 Å². The maximum absolute atomic E-state index is 12.6. The van der Waals surface area contributed by atoms with E-state index in [1.165, 1.54) is 0 Å². The van der Waals surface area contributed by atoms with Crippen molar-refractivity contribution >= 4 is 21.8 Å². The predicted octanol–water partition coefficient (Wildman–Crippen LogP) is 2.87. The molecule has 0 N–H and O–H groups in total. The van der Waals surface area contributed by atoms with E-state index < -0.39 is 0 Å². The van der Waals surface area contributed by atoms with Crippen LogP contribution in [0.4, 0.5) is 0 Å². The van der Waals surface area contributed by atoms with E-state index in [0.29, 0.717) is 18.8 Å². The molecule has 0 radical (unpaired) electrons. The molecular formula is C14H19BrN2O2. The molecule has 1 aromatic rings. The highest BCUT2D eigenvalue weighted by molar-refractivity contribution is 9.10. The Balaban J connectivity index is 2.27. The highest BCUT2D eigenvalue weighted by Gasteiger charge is 2.40. The largest absolute Gasteiger partial charge is 0.366 e. The van der Waals surface area contributed by atoms with Crippen molar-refractivity contribution in [3.05, 3.63) is 28.5 Å². The number of carbonyl (C=O) groups is 1. The van der Waals surface area contributed by atoms with Gasteiger partial charge in [-0.05, 0) is 55.8 Å². The number of hydrogen-bond acceptors (Lipinski definition) is 3. The molecule has 19 heavy (non-hydrogen) atoms. The number of amides is 1. The molecule has 5 heteroatoms. The lowest BCUT2D eigenvalue weighted by Crippen LogP contribution is -2.58. The van der Waals surface area contributed by atoms with Crippen LogP contribution in [-0.2, 0) is 4.74 Å². The molecule has 0 atom stereocenters. The summed E-state index contributed by atoms with van der Waals surface area (Å²) >= 11 is 3.38. The summed E-state index contributed by atoms with van der Waals surface area (Å²) in [4.78, 5) is 18.6. The molecule has 0 unspecified atom stereocenters. The van der Waals surface area contributed by atoms with Gasteiger partial charge in [-0.2, -0.15) is 0 Å². The van der Waals surface area contributed by atoms with Gasteiger partial charge in [0.25, 0.3) is 5.91 Å². The summed E-state index contributed by atoms with van der Waals surface area (Å²) in [6.45, 7) is 9.14. The summed E-state index contributed by atoms with van der Waals surface area (Å²) in [6.07, 6.45) is 1.63. The molecule has 0 saturated carbocycles. The fraction of sp³-hybridized carbons (Fsp3) is 0.571. The van der Waals surface area contributed by atoms with Crippen molar-refractivity contribution in [1.29, 1.82) is 0 Å². The van der Waals surface area contributed by atoms with Gasteiger partial charge in [0.1, 0.15) is 5.69 Å². The van der Waals surface area contributed by atoms with Crippen LogP contribution in [0.15, 0.2) is 22.8 Å². The Kier molecular flexibility index (Phi) is 3.71. The average molecular weight is 327 g/mol. The fourth-order valence-electron chi connectivity index (χ4n) is 2.62. The van der Waals surface area contributed by atoms with Crippen LogP contribution in [0.25, 0.3) is 0 Å². The topological polar surface area (TPSA) is 42.4 Å². The molecule has 1 aliphatic rings. The van der Waals surface area contributed by atoms with Crippen LogP contribution in [-0.4, -0.2) is 40.1 Å².